The van der Waals surface area contributed by atoms with E-state index < -0.39 is 26.6 Å². The van der Waals surface area contributed by atoms with Gasteiger partial charge in [-0.1, -0.05) is 12.1 Å². The van der Waals surface area contributed by atoms with E-state index in [4.69, 9.17) is 4.42 Å². The van der Waals surface area contributed by atoms with Crippen LogP contribution in [0.15, 0.2) is 63.4 Å². The predicted octanol–water partition coefficient (Wildman–Crippen LogP) is 3.73. The van der Waals surface area contributed by atoms with E-state index in [1.54, 1.807) is 12.1 Å². The minimum atomic E-state index is -4.34. The summed E-state index contributed by atoms with van der Waals surface area (Å²) < 4.78 is 59.7. The van der Waals surface area contributed by atoms with Crippen LogP contribution < -0.4 is 4.72 Å². The quantitative estimate of drug-likeness (QED) is 0.720. The molecule has 0 saturated carbocycles. The Morgan fingerprint density at radius 2 is 1.83 bits per heavy atom. The van der Waals surface area contributed by atoms with E-state index in [2.05, 4.69) is 4.72 Å². The molecule has 3 aromatic rings. The average Bonchev–Trinajstić information content (AvgIpc) is 3.20. The average molecular weight is 369 g/mol. The lowest BCUT2D eigenvalue weighted by atomic mass is 10.1. The van der Waals surface area contributed by atoms with Gasteiger partial charge in [0.25, 0.3) is 0 Å². The van der Waals surface area contributed by atoms with Gasteiger partial charge >= 0.3 is 0 Å². The first-order valence-corrected chi connectivity index (χ1v) is 9.36. The SMILES string of the molecule is O=S(=O)(NC[C@@H](c1ccco1)c1cccs1)c1c(F)cccc1F. The van der Waals surface area contributed by atoms with Gasteiger partial charge in [-0.05, 0) is 35.7 Å². The summed E-state index contributed by atoms with van der Waals surface area (Å²) in [5.74, 6) is -2.08. The molecule has 4 nitrogen and oxygen atoms in total. The van der Waals surface area contributed by atoms with Gasteiger partial charge in [0, 0.05) is 11.4 Å². The van der Waals surface area contributed by atoms with Gasteiger partial charge in [-0.15, -0.1) is 11.3 Å². The molecule has 0 aliphatic heterocycles. The molecule has 0 saturated heterocycles. The van der Waals surface area contributed by atoms with Gasteiger partial charge in [0.1, 0.15) is 17.4 Å². The van der Waals surface area contributed by atoms with Gasteiger partial charge in [0.05, 0.1) is 12.2 Å². The van der Waals surface area contributed by atoms with Crippen molar-refractivity contribution < 1.29 is 21.6 Å². The van der Waals surface area contributed by atoms with E-state index in [0.29, 0.717) is 5.76 Å². The standard InChI is InChI=1S/C16H13F2NO3S2/c17-12-4-1-5-13(18)16(12)24(20,21)19-10-11(14-6-2-8-22-14)15-7-3-9-23-15/h1-9,11,19H,10H2/t11-/m0/s1. The Labute approximate surface area is 141 Å². The summed E-state index contributed by atoms with van der Waals surface area (Å²) in [6.07, 6.45) is 1.49. The number of nitrogens with one attached hydrogen (secondary N) is 1. The van der Waals surface area contributed by atoms with E-state index in [-0.39, 0.29) is 12.5 Å². The van der Waals surface area contributed by atoms with Crippen molar-refractivity contribution in [2.45, 2.75) is 10.8 Å². The highest BCUT2D eigenvalue weighted by atomic mass is 32.2. The van der Waals surface area contributed by atoms with Crippen LogP contribution in [0.1, 0.15) is 16.6 Å². The van der Waals surface area contributed by atoms with Gasteiger partial charge < -0.3 is 4.42 Å². The Hall–Kier alpha value is -2.03. The molecule has 0 aliphatic rings. The number of rotatable bonds is 6. The smallest absolute Gasteiger partial charge is 0.246 e. The number of benzene rings is 1. The molecular weight excluding hydrogens is 356 g/mol. The molecule has 8 heteroatoms. The summed E-state index contributed by atoms with van der Waals surface area (Å²) >= 11 is 1.44. The lowest BCUT2D eigenvalue weighted by molar-refractivity contribution is 0.480. The van der Waals surface area contributed by atoms with Crippen LogP contribution in [0.3, 0.4) is 0 Å². The fourth-order valence-electron chi connectivity index (χ4n) is 2.32. The van der Waals surface area contributed by atoms with Gasteiger partial charge in [-0.2, -0.15) is 0 Å². The van der Waals surface area contributed by atoms with E-state index in [1.165, 1.54) is 17.6 Å². The number of hydrogen-bond acceptors (Lipinski definition) is 4. The number of thiophene rings is 1. The largest absolute Gasteiger partial charge is 0.469 e. The zero-order valence-electron chi connectivity index (χ0n) is 12.3. The maximum atomic E-state index is 13.7. The maximum absolute atomic E-state index is 13.7. The highest BCUT2D eigenvalue weighted by Gasteiger charge is 2.26. The van der Waals surface area contributed by atoms with Crippen molar-refractivity contribution >= 4 is 21.4 Å². The van der Waals surface area contributed by atoms with Crippen LogP contribution in [0, 0.1) is 11.6 Å². The molecule has 0 aliphatic carbocycles. The van der Waals surface area contributed by atoms with Crippen molar-refractivity contribution in [2.24, 2.45) is 0 Å². The molecule has 24 heavy (non-hydrogen) atoms. The van der Waals surface area contributed by atoms with Crippen LogP contribution in [-0.2, 0) is 10.0 Å². The lowest BCUT2D eigenvalue weighted by Gasteiger charge is -2.15. The molecule has 0 spiro atoms. The second-order valence-corrected chi connectivity index (χ2v) is 7.67. The van der Waals surface area contributed by atoms with E-state index in [0.717, 1.165) is 23.1 Å². The van der Waals surface area contributed by atoms with Gasteiger partial charge in [-0.3, -0.25) is 0 Å². The molecule has 0 amide bonds. The Bertz CT molecular complexity index is 852. The zero-order valence-corrected chi connectivity index (χ0v) is 13.9. The maximum Gasteiger partial charge on any atom is 0.246 e. The van der Waals surface area contributed by atoms with E-state index in [9.17, 15) is 17.2 Å². The first-order valence-electron chi connectivity index (χ1n) is 6.99. The van der Waals surface area contributed by atoms with Crippen LogP contribution in [0.4, 0.5) is 8.78 Å². The molecule has 0 unspecified atom stereocenters. The fourth-order valence-corrected chi connectivity index (χ4v) is 4.34. The van der Waals surface area contributed by atoms with Crippen molar-refractivity contribution in [2.75, 3.05) is 6.54 Å². The Morgan fingerprint density at radius 3 is 2.42 bits per heavy atom. The van der Waals surface area contributed by atoms with Crippen molar-refractivity contribution in [1.82, 2.24) is 4.72 Å². The van der Waals surface area contributed by atoms with Crippen LogP contribution in [-0.4, -0.2) is 15.0 Å². The molecule has 1 atom stereocenters. The Kier molecular flexibility index (Phi) is 4.79. The fraction of sp³-hybridized carbons (Fsp3) is 0.125. The molecule has 0 bridgehead atoms. The first-order chi connectivity index (χ1) is 11.5. The molecule has 1 N–H and O–H groups in total. The summed E-state index contributed by atoms with van der Waals surface area (Å²) in [4.78, 5) is -0.101. The molecular formula is C16H13F2NO3S2. The van der Waals surface area contributed by atoms with E-state index >= 15 is 0 Å². The number of furan rings is 1. The molecule has 126 valence electrons. The highest BCUT2D eigenvalue weighted by Crippen LogP contribution is 2.29. The van der Waals surface area contributed by atoms with Gasteiger partial charge in [0.15, 0.2) is 4.90 Å². The van der Waals surface area contributed by atoms with Gasteiger partial charge in [-0.25, -0.2) is 21.9 Å². The van der Waals surface area contributed by atoms with Gasteiger partial charge in [0.2, 0.25) is 10.0 Å². The molecule has 1 aromatic carbocycles. The third-order valence-electron chi connectivity index (χ3n) is 3.44. The zero-order chi connectivity index (χ0) is 17.2. The van der Waals surface area contributed by atoms with Crippen molar-refractivity contribution in [3.8, 4) is 0 Å². The first kappa shape index (κ1) is 16.8. The summed E-state index contributed by atoms with van der Waals surface area (Å²) in [7, 11) is -4.34. The second-order valence-electron chi connectivity index (χ2n) is 4.99. The minimum absolute atomic E-state index is 0.0792. The van der Waals surface area contributed by atoms with Crippen LogP contribution in [0.5, 0.6) is 0 Å². The van der Waals surface area contributed by atoms with Crippen LogP contribution in [0.25, 0.3) is 0 Å². The summed E-state index contributed by atoms with van der Waals surface area (Å²) in [5.41, 5.74) is 0. The predicted molar refractivity (Wildman–Crippen MR) is 86.4 cm³/mol. The molecule has 0 fully saturated rings. The summed E-state index contributed by atoms with van der Waals surface area (Å²) in [6, 6.07) is 10.0. The molecule has 0 radical (unpaired) electrons. The molecule has 2 heterocycles. The topological polar surface area (TPSA) is 59.3 Å². The third-order valence-corrected chi connectivity index (χ3v) is 5.90. The number of sulfonamides is 1. The normalized spacial score (nSPS) is 13.1. The Morgan fingerprint density at radius 1 is 1.08 bits per heavy atom. The number of hydrogen-bond donors (Lipinski definition) is 1. The monoisotopic (exact) mass is 369 g/mol. The third kappa shape index (κ3) is 3.40. The summed E-state index contributed by atoms with van der Waals surface area (Å²) in [5, 5.41) is 1.86. The molecule has 2 aromatic heterocycles. The van der Waals surface area contributed by atoms with E-state index in [1.807, 2.05) is 17.5 Å². The summed E-state index contributed by atoms with van der Waals surface area (Å²) in [6.45, 7) is -0.0792. The lowest BCUT2D eigenvalue weighted by Crippen LogP contribution is -2.30. The van der Waals surface area contributed by atoms with Crippen molar-refractivity contribution in [3.63, 3.8) is 0 Å². The molecule has 3 rings (SSSR count). The minimum Gasteiger partial charge on any atom is -0.469 e. The second kappa shape index (κ2) is 6.84. The van der Waals surface area contributed by atoms with Crippen molar-refractivity contribution in [1.29, 1.82) is 0 Å². The van der Waals surface area contributed by atoms with Crippen LogP contribution >= 0.6 is 11.3 Å². The Balaban J connectivity index is 1.87. The van der Waals surface area contributed by atoms with Crippen molar-refractivity contribution in [3.05, 3.63) is 76.4 Å². The highest BCUT2D eigenvalue weighted by molar-refractivity contribution is 7.89. The van der Waals surface area contributed by atoms with Crippen LogP contribution in [0.2, 0.25) is 0 Å². The number of halogens is 2.